The fraction of sp³-hybridized carbons (Fsp3) is 0.500. The zero-order valence-electron chi connectivity index (χ0n) is 11.3. The lowest BCUT2D eigenvalue weighted by Crippen LogP contribution is -2.41. The molecule has 3 nitrogen and oxygen atoms in total. The van der Waals surface area contributed by atoms with Gasteiger partial charge in [0.15, 0.2) is 5.11 Å². The molecule has 0 radical (unpaired) electrons. The number of halogens is 2. The van der Waals surface area contributed by atoms with Crippen molar-refractivity contribution in [1.29, 1.82) is 0 Å². The molecular formula is C14H18F2N2OS. The van der Waals surface area contributed by atoms with Crippen molar-refractivity contribution in [2.75, 3.05) is 18.4 Å². The van der Waals surface area contributed by atoms with Crippen LogP contribution in [0.25, 0.3) is 0 Å². The fourth-order valence-corrected chi connectivity index (χ4v) is 2.58. The summed E-state index contributed by atoms with van der Waals surface area (Å²) in [7, 11) is 0. The van der Waals surface area contributed by atoms with Gasteiger partial charge in [0, 0.05) is 18.8 Å². The molecule has 0 amide bonds. The first-order chi connectivity index (χ1) is 9.54. The van der Waals surface area contributed by atoms with Crippen LogP contribution < -0.4 is 10.1 Å². The molecule has 2 rings (SSSR count). The van der Waals surface area contributed by atoms with Gasteiger partial charge in [-0.15, -0.1) is 0 Å². The molecule has 0 saturated carbocycles. The first kappa shape index (κ1) is 15.0. The highest BCUT2D eigenvalue weighted by atomic mass is 32.1. The van der Waals surface area contributed by atoms with Crippen molar-refractivity contribution in [3.05, 3.63) is 24.3 Å². The van der Waals surface area contributed by atoms with Crippen LogP contribution in [0.15, 0.2) is 24.3 Å². The highest BCUT2D eigenvalue weighted by molar-refractivity contribution is 7.80. The van der Waals surface area contributed by atoms with Crippen LogP contribution in [-0.2, 0) is 0 Å². The molecule has 0 unspecified atom stereocenters. The van der Waals surface area contributed by atoms with Crippen LogP contribution in [0.2, 0.25) is 0 Å². The third kappa shape index (κ3) is 4.30. The number of likely N-dealkylation sites (tertiary alicyclic amines) is 1. The van der Waals surface area contributed by atoms with Crippen molar-refractivity contribution in [1.82, 2.24) is 4.90 Å². The maximum atomic E-state index is 12.0. The Morgan fingerprint density at radius 3 is 2.70 bits per heavy atom. The van der Waals surface area contributed by atoms with E-state index >= 15 is 0 Å². The number of thiocarbonyl (C=S) groups is 1. The highest BCUT2D eigenvalue weighted by Gasteiger charge is 2.18. The van der Waals surface area contributed by atoms with E-state index in [1.165, 1.54) is 18.6 Å². The van der Waals surface area contributed by atoms with E-state index in [0.29, 0.717) is 11.0 Å². The summed E-state index contributed by atoms with van der Waals surface area (Å²) < 4.78 is 28.4. The van der Waals surface area contributed by atoms with Crippen molar-refractivity contribution in [3.63, 3.8) is 0 Å². The Balaban J connectivity index is 1.90. The summed E-state index contributed by atoms with van der Waals surface area (Å²) >= 11 is 5.38. The van der Waals surface area contributed by atoms with Gasteiger partial charge < -0.3 is 15.0 Å². The molecule has 1 saturated heterocycles. The third-order valence-electron chi connectivity index (χ3n) is 3.27. The van der Waals surface area contributed by atoms with Gasteiger partial charge in [-0.2, -0.15) is 8.78 Å². The summed E-state index contributed by atoms with van der Waals surface area (Å²) in [5.41, 5.74) is 0.773. The molecule has 0 bridgehead atoms. The van der Waals surface area contributed by atoms with Crippen LogP contribution in [0, 0.1) is 5.92 Å². The predicted octanol–water partition coefficient (Wildman–Crippen LogP) is 3.72. The Morgan fingerprint density at radius 1 is 1.40 bits per heavy atom. The lowest BCUT2D eigenvalue weighted by atomic mass is 10.0. The van der Waals surface area contributed by atoms with Crippen LogP contribution in [0.5, 0.6) is 5.75 Å². The van der Waals surface area contributed by atoms with E-state index in [-0.39, 0.29) is 5.75 Å². The van der Waals surface area contributed by atoms with Gasteiger partial charge in [0.2, 0.25) is 0 Å². The molecule has 6 heteroatoms. The number of hydrogen-bond acceptors (Lipinski definition) is 2. The number of ether oxygens (including phenoxy) is 1. The molecule has 1 heterocycles. The normalized spacial score (nSPS) is 19.0. The number of hydrogen-bond donors (Lipinski definition) is 1. The first-order valence-corrected chi connectivity index (χ1v) is 7.06. The topological polar surface area (TPSA) is 24.5 Å². The van der Waals surface area contributed by atoms with Gasteiger partial charge in [-0.25, -0.2) is 0 Å². The molecule has 1 N–H and O–H groups in total. The Morgan fingerprint density at radius 2 is 2.10 bits per heavy atom. The number of benzene rings is 1. The van der Waals surface area contributed by atoms with Gasteiger partial charge in [0.05, 0.1) is 0 Å². The fourth-order valence-electron chi connectivity index (χ4n) is 2.30. The molecule has 20 heavy (non-hydrogen) atoms. The van der Waals surface area contributed by atoms with Crippen LogP contribution in [-0.4, -0.2) is 29.7 Å². The van der Waals surface area contributed by atoms with Crippen molar-refractivity contribution >= 4 is 23.0 Å². The lowest BCUT2D eigenvalue weighted by molar-refractivity contribution is -0.0498. The van der Waals surface area contributed by atoms with Gasteiger partial charge >= 0.3 is 6.61 Å². The Kier molecular flexibility index (Phi) is 5.11. The quantitative estimate of drug-likeness (QED) is 0.860. The average molecular weight is 300 g/mol. The third-order valence-corrected chi connectivity index (χ3v) is 3.64. The minimum absolute atomic E-state index is 0.142. The first-order valence-electron chi connectivity index (χ1n) is 6.65. The van der Waals surface area contributed by atoms with Crippen molar-refractivity contribution in [2.24, 2.45) is 5.92 Å². The van der Waals surface area contributed by atoms with Crippen LogP contribution in [0.4, 0.5) is 14.5 Å². The molecule has 0 spiro atoms. The molecular weight excluding hydrogens is 282 g/mol. The van der Waals surface area contributed by atoms with E-state index in [4.69, 9.17) is 12.2 Å². The van der Waals surface area contributed by atoms with Gasteiger partial charge in [-0.1, -0.05) is 6.92 Å². The van der Waals surface area contributed by atoms with Crippen LogP contribution >= 0.6 is 12.2 Å². The Labute approximate surface area is 122 Å². The van der Waals surface area contributed by atoms with E-state index in [1.807, 2.05) is 0 Å². The van der Waals surface area contributed by atoms with Crippen LogP contribution in [0.3, 0.4) is 0 Å². The van der Waals surface area contributed by atoms with Crippen molar-refractivity contribution < 1.29 is 13.5 Å². The minimum atomic E-state index is -2.80. The summed E-state index contributed by atoms with van der Waals surface area (Å²) in [4.78, 5) is 2.15. The lowest BCUT2D eigenvalue weighted by Gasteiger charge is -2.33. The van der Waals surface area contributed by atoms with Crippen molar-refractivity contribution in [2.45, 2.75) is 26.4 Å². The maximum absolute atomic E-state index is 12.0. The monoisotopic (exact) mass is 300 g/mol. The van der Waals surface area contributed by atoms with Gasteiger partial charge in [-0.05, 0) is 55.2 Å². The SMILES string of the molecule is C[C@@H]1CCCN(C(=S)Nc2ccc(OC(F)F)cc2)C1. The van der Waals surface area contributed by atoms with Gasteiger partial charge in [0.25, 0.3) is 0 Å². The largest absolute Gasteiger partial charge is 0.435 e. The summed E-state index contributed by atoms with van der Waals surface area (Å²) in [5, 5.41) is 3.81. The molecule has 1 aliphatic heterocycles. The second-order valence-electron chi connectivity index (χ2n) is 5.03. The molecule has 0 aliphatic carbocycles. The molecule has 1 aromatic rings. The molecule has 1 aromatic carbocycles. The zero-order chi connectivity index (χ0) is 14.5. The van der Waals surface area contributed by atoms with E-state index in [9.17, 15) is 8.78 Å². The smallest absolute Gasteiger partial charge is 0.387 e. The standard InChI is InChI=1S/C14H18F2N2OS/c1-10-3-2-8-18(9-10)14(20)17-11-4-6-12(7-5-11)19-13(15)16/h4-7,10,13H,2-3,8-9H2,1H3,(H,17,20)/t10-/m1/s1. The van der Waals surface area contributed by atoms with E-state index in [0.717, 1.165) is 25.2 Å². The Hall–Kier alpha value is -1.43. The van der Waals surface area contributed by atoms with E-state index in [2.05, 4.69) is 21.9 Å². The van der Waals surface area contributed by atoms with Gasteiger partial charge in [0.1, 0.15) is 5.75 Å². The summed E-state index contributed by atoms with van der Waals surface area (Å²) in [6.45, 7) is 1.33. The maximum Gasteiger partial charge on any atom is 0.387 e. The van der Waals surface area contributed by atoms with E-state index in [1.54, 1.807) is 12.1 Å². The molecule has 1 atom stereocenters. The summed E-state index contributed by atoms with van der Waals surface area (Å²) in [5.74, 6) is 0.786. The molecule has 1 fully saturated rings. The number of alkyl halides is 2. The second-order valence-corrected chi connectivity index (χ2v) is 5.41. The van der Waals surface area contributed by atoms with E-state index < -0.39 is 6.61 Å². The number of anilines is 1. The highest BCUT2D eigenvalue weighted by Crippen LogP contribution is 2.20. The molecule has 110 valence electrons. The number of rotatable bonds is 3. The van der Waals surface area contributed by atoms with Crippen molar-refractivity contribution in [3.8, 4) is 5.75 Å². The predicted molar refractivity (Wildman–Crippen MR) is 79.3 cm³/mol. The zero-order valence-corrected chi connectivity index (χ0v) is 12.1. The summed E-state index contributed by atoms with van der Waals surface area (Å²) in [6.07, 6.45) is 2.38. The molecule has 0 aromatic heterocycles. The number of nitrogens with zero attached hydrogens (tertiary/aromatic N) is 1. The molecule has 1 aliphatic rings. The van der Waals surface area contributed by atoms with Gasteiger partial charge in [-0.3, -0.25) is 0 Å². The second kappa shape index (κ2) is 6.83. The average Bonchev–Trinajstić information content (AvgIpc) is 2.40. The number of nitrogens with one attached hydrogen (secondary N) is 1. The minimum Gasteiger partial charge on any atom is -0.435 e. The van der Waals surface area contributed by atoms with Crippen LogP contribution in [0.1, 0.15) is 19.8 Å². The summed E-state index contributed by atoms with van der Waals surface area (Å²) in [6, 6.07) is 6.35. The number of piperidine rings is 1. The Bertz CT molecular complexity index is 453.